The summed E-state index contributed by atoms with van der Waals surface area (Å²) in [6, 6.07) is 39.5. The number of amides is 1. The molecule has 0 aliphatic rings. The molecule has 0 saturated carbocycles. The van der Waals surface area contributed by atoms with Gasteiger partial charge >= 0.3 is 257 Å². The van der Waals surface area contributed by atoms with E-state index < -0.39 is 25.7 Å². The molecule has 218 valence electrons. The molecule has 0 aliphatic carbocycles. The minimum atomic E-state index is -2.87. The van der Waals surface area contributed by atoms with E-state index in [4.69, 9.17) is 4.43 Å². The molecule has 0 radical (unpaired) electrons. The zero-order valence-electron chi connectivity index (χ0n) is 24.5. The summed E-state index contributed by atoms with van der Waals surface area (Å²) in [6.07, 6.45) is 0.455. The molecule has 4 rings (SSSR count). The maximum absolute atomic E-state index is 13.4. The number of carbonyl (C=O) groups is 2. The summed E-state index contributed by atoms with van der Waals surface area (Å²) in [5.74, 6) is -1.43. The number of aliphatic carboxylic acids is 1. The van der Waals surface area contributed by atoms with Crippen molar-refractivity contribution in [1.29, 1.82) is 0 Å². The molecule has 4 aromatic carbocycles. The van der Waals surface area contributed by atoms with Crippen molar-refractivity contribution < 1.29 is 19.1 Å². The number of nitrogens with one attached hydrogen (secondary N) is 1. The summed E-state index contributed by atoms with van der Waals surface area (Å²) in [5.41, 5.74) is -1.04. The Morgan fingerprint density at radius 1 is 0.738 bits per heavy atom. The van der Waals surface area contributed by atoms with Gasteiger partial charge < -0.3 is 0 Å². The Bertz CT molecular complexity index is 1390. The quantitative estimate of drug-likeness (QED) is 0.200. The zero-order valence-corrected chi connectivity index (χ0v) is 27.2. The summed E-state index contributed by atoms with van der Waals surface area (Å²) in [5, 5.41) is 16.3. The molecular weight excluding hydrogens is 605 g/mol. The van der Waals surface area contributed by atoms with E-state index in [0.29, 0.717) is 17.3 Å². The van der Waals surface area contributed by atoms with Crippen LogP contribution in [0.15, 0.2) is 121 Å². The van der Waals surface area contributed by atoms with E-state index in [0.717, 1.165) is 10.4 Å². The van der Waals surface area contributed by atoms with E-state index in [9.17, 15) is 14.7 Å². The van der Waals surface area contributed by atoms with Gasteiger partial charge in [0, 0.05) is 0 Å². The average Bonchev–Trinajstić information content (AvgIpc) is 3.00. The Balaban J connectivity index is 1.66. The summed E-state index contributed by atoms with van der Waals surface area (Å²) in [7, 11) is -2.87. The van der Waals surface area contributed by atoms with Crippen LogP contribution in [0.2, 0.25) is 10.4 Å². The van der Waals surface area contributed by atoms with E-state index in [1.54, 1.807) is 24.3 Å². The van der Waals surface area contributed by atoms with Crippen molar-refractivity contribution in [2.24, 2.45) is 0 Å². The third kappa shape index (κ3) is 7.29. The number of carbonyl (C=O) groups excluding carboxylic acids is 1. The molecule has 5 nitrogen and oxygen atoms in total. The van der Waals surface area contributed by atoms with Gasteiger partial charge in [-0.2, -0.15) is 0 Å². The number of hydrogen-bond donors (Lipinski definition) is 2. The standard InChI is InChI=1S/C35H39NO4SeSi/c1-34(2,3)42(30-20-12-6-13-21-30,31-22-14-7-15-23-31)40-26-24-35(33(38)39,25-27-41-29-18-10-5-11-19-29)36-32(37)28-16-8-4-9-17-28/h4-23H,24-27H2,1-3H3,(H,36,37)(H,38,39)/t35-/m1/s1. The molecule has 0 aromatic heterocycles. The first kappa shape index (κ1) is 31.5. The van der Waals surface area contributed by atoms with Gasteiger partial charge in [0.25, 0.3) is 0 Å². The number of carboxylic acids is 1. The van der Waals surface area contributed by atoms with Crippen LogP contribution in [0.1, 0.15) is 44.0 Å². The van der Waals surface area contributed by atoms with Crippen molar-refractivity contribution in [3.05, 3.63) is 127 Å². The van der Waals surface area contributed by atoms with Gasteiger partial charge in [-0.05, 0) is 0 Å². The van der Waals surface area contributed by atoms with E-state index in [1.807, 2.05) is 60.7 Å². The first-order chi connectivity index (χ1) is 20.2. The molecule has 42 heavy (non-hydrogen) atoms. The molecule has 0 spiro atoms. The van der Waals surface area contributed by atoms with Crippen LogP contribution in [0.25, 0.3) is 0 Å². The summed E-state index contributed by atoms with van der Waals surface area (Å²) >= 11 is 0.0677. The van der Waals surface area contributed by atoms with E-state index in [-0.39, 0.29) is 33.0 Å². The van der Waals surface area contributed by atoms with Crippen molar-refractivity contribution >= 4 is 50.0 Å². The number of rotatable bonds is 13. The van der Waals surface area contributed by atoms with Crippen LogP contribution < -0.4 is 20.2 Å². The molecule has 1 amide bonds. The van der Waals surface area contributed by atoms with Gasteiger partial charge in [-0.25, -0.2) is 0 Å². The van der Waals surface area contributed by atoms with Crippen molar-refractivity contribution in [3.8, 4) is 0 Å². The molecule has 1 atom stereocenters. The van der Waals surface area contributed by atoms with Crippen LogP contribution in [0.5, 0.6) is 0 Å². The van der Waals surface area contributed by atoms with Gasteiger partial charge in [0.2, 0.25) is 0 Å². The van der Waals surface area contributed by atoms with Gasteiger partial charge in [0.1, 0.15) is 0 Å². The minimum absolute atomic E-state index is 0.0677. The second kappa shape index (κ2) is 14.1. The maximum atomic E-state index is 13.4. The Kier molecular flexibility index (Phi) is 10.6. The van der Waals surface area contributed by atoms with Crippen molar-refractivity contribution in [2.75, 3.05) is 6.61 Å². The fourth-order valence-corrected chi connectivity index (χ4v) is 12.1. The van der Waals surface area contributed by atoms with Gasteiger partial charge in [0.05, 0.1) is 0 Å². The summed E-state index contributed by atoms with van der Waals surface area (Å²) < 4.78 is 8.25. The van der Waals surface area contributed by atoms with Gasteiger partial charge in [-0.15, -0.1) is 0 Å². The van der Waals surface area contributed by atoms with Crippen molar-refractivity contribution in [2.45, 2.75) is 49.5 Å². The first-order valence-electron chi connectivity index (χ1n) is 14.2. The predicted molar refractivity (Wildman–Crippen MR) is 174 cm³/mol. The van der Waals surface area contributed by atoms with Crippen LogP contribution in [0.3, 0.4) is 0 Å². The Labute approximate surface area is 256 Å². The third-order valence-electron chi connectivity index (χ3n) is 7.60. The number of benzene rings is 4. The van der Waals surface area contributed by atoms with Crippen molar-refractivity contribution in [1.82, 2.24) is 5.32 Å². The molecular formula is C35H39NO4SeSi. The molecule has 0 saturated heterocycles. The molecule has 2 N–H and O–H groups in total. The molecule has 0 bridgehead atoms. The fraction of sp³-hybridized carbons (Fsp3) is 0.257. The molecule has 0 unspecified atom stereocenters. The SMILES string of the molecule is CC(C)(C)[Si](OCC[C@](CC[Se]c1ccccc1)(NC(=O)c1ccccc1)C(=O)O)(c1ccccc1)c1ccccc1. The van der Waals surface area contributed by atoms with Gasteiger partial charge in [-0.3, -0.25) is 0 Å². The monoisotopic (exact) mass is 645 g/mol. The summed E-state index contributed by atoms with van der Waals surface area (Å²) in [6.45, 7) is 6.78. The van der Waals surface area contributed by atoms with Crippen LogP contribution >= 0.6 is 0 Å². The molecule has 4 aromatic rings. The topological polar surface area (TPSA) is 75.6 Å². The van der Waals surface area contributed by atoms with Gasteiger partial charge in [-0.1, -0.05) is 0 Å². The molecule has 0 heterocycles. The number of carboxylic acid groups (broad SMARTS) is 1. The predicted octanol–water partition coefficient (Wildman–Crippen LogP) is 5.04. The zero-order chi connectivity index (χ0) is 30.1. The Hall–Kier alpha value is -3.48. The normalized spacial score (nSPS) is 13.2. The van der Waals surface area contributed by atoms with Crippen LogP contribution in [0, 0.1) is 0 Å². The average molecular weight is 645 g/mol. The summed E-state index contributed by atoms with van der Waals surface area (Å²) in [4.78, 5) is 26.4. The fourth-order valence-electron chi connectivity index (χ4n) is 5.40. The second-order valence-electron chi connectivity index (χ2n) is 11.4. The van der Waals surface area contributed by atoms with E-state index in [1.165, 1.54) is 4.46 Å². The van der Waals surface area contributed by atoms with E-state index in [2.05, 4.69) is 62.5 Å². The Morgan fingerprint density at radius 3 is 1.69 bits per heavy atom. The van der Waals surface area contributed by atoms with Crippen LogP contribution in [-0.4, -0.2) is 52.4 Å². The van der Waals surface area contributed by atoms with Crippen molar-refractivity contribution in [3.63, 3.8) is 0 Å². The molecule has 0 fully saturated rings. The van der Waals surface area contributed by atoms with Crippen LogP contribution in [-0.2, 0) is 9.22 Å². The third-order valence-corrected chi connectivity index (χ3v) is 14.8. The first-order valence-corrected chi connectivity index (χ1v) is 18.2. The van der Waals surface area contributed by atoms with Crippen LogP contribution in [0.4, 0.5) is 0 Å². The number of hydrogen-bond acceptors (Lipinski definition) is 3. The second-order valence-corrected chi connectivity index (χ2v) is 18.1. The molecule has 0 aliphatic heterocycles. The molecule has 7 heteroatoms. The van der Waals surface area contributed by atoms with E-state index >= 15 is 0 Å². The van der Waals surface area contributed by atoms with Gasteiger partial charge in [0.15, 0.2) is 0 Å². The Morgan fingerprint density at radius 2 is 1.21 bits per heavy atom.